The van der Waals surface area contributed by atoms with E-state index in [1.165, 1.54) is 12.1 Å². The van der Waals surface area contributed by atoms with Crippen LogP contribution >= 0.6 is 0 Å². The molecule has 0 saturated heterocycles. The van der Waals surface area contributed by atoms with Gasteiger partial charge in [-0.1, -0.05) is 6.07 Å². The Morgan fingerprint density at radius 1 is 1.44 bits per heavy atom. The summed E-state index contributed by atoms with van der Waals surface area (Å²) in [6, 6.07) is 5.72. The highest BCUT2D eigenvalue weighted by Crippen LogP contribution is 2.09. The Morgan fingerprint density at radius 3 is 2.78 bits per heavy atom. The molecule has 0 aromatic heterocycles. The lowest BCUT2D eigenvalue weighted by Gasteiger charge is -2.14. The van der Waals surface area contributed by atoms with Gasteiger partial charge in [-0.15, -0.1) is 0 Å². The summed E-state index contributed by atoms with van der Waals surface area (Å²) in [5, 5.41) is 14.7. The summed E-state index contributed by atoms with van der Waals surface area (Å²) in [5.74, 6) is -0.570. The molecule has 2 unspecified atom stereocenters. The molecule has 100 valence electrons. The molecule has 3 N–H and O–H groups in total. The van der Waals surface area contributed by atoms with E-state index in [-0.39, 0.29) is 24.2 Å². The summed E-state index contributed by atoms with van der Waals surface area (Å²) in [7, 11) is 0. The first kappa shape index (κ1) is 14.6. The van der Waals surface area contributed by atoms with Gasteiger partial charge >= 0.3 is 0 Å². The highest BCUT2D eigenvalue weighted by Gasteiger charge is 2.09. The zero-order valence-electron chi connectivity index (χ0n) is 10.6. The predicted molar refractivity (Wildman–Crippen MR) is 68.8 cm³/mol. The van der Waals surface area contributed by atoms with Crippen molar-refractivity contribution in [3.63, 3.8) is 0 Å². The van der Waals surface area contributed by atoms with E-state index in [1.54, 1.807) is 19.1 Å². The quantitative estimate of drug-likeness (QED) is 0.721. The lowest BCUT2D eigenvalue weighted by molar-refractivity contribution is -0.116. The highest BCUT2D eigenvalue weighted by molar-refractivity contribution is 5.91. The van der Waals surface area contributed by atoms with Crippen LogP contribution in [0.2, 0.25) is 0 Å². The number of hydrogen-bond acceptors (Lipinski definition) is 3. The molecule has 0 bridgehead atoms. The molecular formula is C13H19FN2O2. The van der Waals surface area contributed by atoms with Crippen LogP contribution in [0.25, 0.3) is 0 Å². The Bertz CT molecular complexity index is 396. The van der Waals surface area contributed by atoms with Crippen molar-refractivity contribution in [2.45, 2.75) is 32.4 Å². The standard InChI is InChI=1S/C13H19FN2O2/c1-9(15-8-10(2)17)6-13(18)16-12-5-3-4-11(14)7-12/h3-5,7,9-10,15,17H,6,8H2,1-2H3,(H,16,18). The first-order chi connectivity index (χ1) is 8.47. The van der Waals surface area contributed by atoms with Crippen LogP contribution in [-0.2, 0) is 4.79 Å². The van der Waals surface area contributed by atoms with Crippen molar-refractivity contribution in [2.75, 3.05) is 11.9 Å². The van der Waals surface area contributed by atoms with Crippen LogP contribution in [0.5, 0.6) is 0 Å². The Kier molecular flexibility index (Phi) is 5.74. The zero-order chi connectivity index (χ0) is 13.5. The molecule has 5 heteroatoms. The number of halogens is 1. The smallest absolute Gasteiger partial charge is 0.225 e. The number of anilines is 1. The van der Waals surface area contributed by atoms with E-state index in [1.807, 2.05) is 6.92 Å². The molecule has 1 aromatic rings. The fourth-order valence-corrected chi connectivity index (χ4v) is 1.50. The van der Waals surface area contributed by atoms with Crippen molar-refractivity contribution in [1.82, 2.24) is 5.32 Å². The third-order valence-electron chi connectivity index (χ3n) is 2.36. The van der Waals surface area contributed by atoms with Gasteiger partial charge in [-0.2, -0.15) is 0 Å². The number of nitrogens with one attached hydrogen (secondary N) is 2. The van der Waals surface area contributed by atoms with E-state index < -0.39 is 6.10 Å². The fourth-order valence-electron chi connectivity index (χ4n) is 1.50. The molecule has 0 spiro atoms. The second kappa shape index (κ2) is 7.08. The van der Waals surface area contributed by atoms with Gasteiger partial charge in [-0.05, 0) is 32.0 Å². The van der Waals surface area contributed by atoms with Crippen LogP contribution < -0.4 is 10.6 Å². The fraction of sp³-hybridized carbons (Fsp3) is 0.462. The first-order valence-corrected chi connectivity index (χ1v) is 5.94. The number of amides is 1. The van der Waals surface area contributed by atoms with Crippen LogP contribution in [0.4, 0.5) is 10.1 Å². The molecule has 1 amide bonds. The topological polar surface area (TPSA) is 61.4 Å². The predicted octanol–water partition coefficient (Wildman–Crippen LogP) is 1.51. The second-order valence-corrected chi connectivity index (χ2v) is 4.42. The average molecular weight is 254 g/mol. The maximum atomic E-state index is 12.9. The Labute approximate surface area is 106 Å². The molecule has 4 nitrogen and oxygen atoms in total. The summed E-state index contributed by atoms with van der Waals surface area (Å²) >= 11 is 0. The normalized spacial score (nSPS) is 14.0. The van der Waals surface area contributed by atoms with E-state index >= 15 is 0 Å². The van der Waals surface area contributed by atoms with Gasteiger partial charge in [-0.25, -0.2) is 4.39 Å². The summed E-state index contributed by atoms with van der Waals surface area (Å²) in [4.78, 5) is 11.6. The minimum Gasteiger partial charge on any atom is -0.392 e. The second-order valence-electron chi connectivity index (χ2n) is 4.42. The van der Waals surface area contributed by atoms with Crippen LogP contribution in [0, 0.1) is 5.82 Å². The van der Waals surface area contributed by atoms with Gasteiger partial charge in [0.1, 0.15) is 5.82 Å². The lowest BCUT2D eigenvalue weighted by atomic mass is 10.2. The van der Waals surface area contributed by atoms with E-state index in [2.05, 4.69) is 10.6 Å². The number of aliphatic hydroxyl groups is 1. The van der Waals surface area contributed by atoms with Gasteiger partial charge in [0.25, 0.3) is 0 Å². The molecule has 0 aliphatic heterocycles. The first-order valence-electron chi connectivity index (χ1n) is 5.94. The Morgan fingerprint density at radius 2 is 2.17 bits per heavy atom. The van der Waals surface area contributed by atoms with Gasteiger partial charge in [-0.3, -0.25) is 4.79 Å². The molecule has 0 aliphatic rings. The molecule has 2 atom stereocenters. The van der Waals surface area contributed by atoms with Crippen LogP contribution in [0.1, 0.15) is 20.3 Å². The number of benzene rings is 1. The molecule has 18 heavy (non-hydrogen) atoms. The summed E-state index contributed by atoms with van der Waals surface area (Å²) in [6.45, 7) is 3.97. The number of aliphatic hydroxyl groups excluding tert-OH is 1. The number of rotatable bonds is 6. The van der Waals surface area contributed by atoms with Crippen molar-refractivity contribution >= 4 is 11.6 Å². The minimum absolute atomic E-state index is 0.0480. The average Bonchev–Trinajstić information content (AvgIpc) is 2.26. The molecule has 0 fully saturated rings. The summed E-state index contributed by atoms with van der Waals surface area (Å²) < 4.78 is 12.9. The van der Waals surface area contributed by atoms with Gasteiger partial charge in [0, 0.05) is 24.7 Å². The Balaban J connectivity index is 2.37. The summed E-state index contributed by atoms with van der Waals surface area (Å²) in [5.41, 5.74) is 0.447. The SMILES string of the molecule is CC(O)CNC(C)CC(=O)Nc1cccc(F)c1. The molecule has 1 aromatic carbocycles. The summed E-state index contributed by atoms with van der Waals surface area (Å²) in [6.07, 6.45) is -0.179. The van der Waals surface area contributed by atoms with Crippen LogP contribution in [0.3, 0.4) is 0 Å². The minimum atomic E-state index is -0.446. The van der Waals surface area contributed by atoms with Crippen molar-refractivity contribution in [1.29, 1.82) is 0 Å². The monoisotopic (exact) mass is 254 g/mol. The van der Waals surface area contributed by atoms with Crippen molar-refractivity contribution < 1.29 is 14.3 Å². The number of hydrogen-bond donors (Lipinski definition) is 3. The van der Waals surface area contributed by atoms with E-state index in [4.69, 9.17) is 5.11 Å². The number of carbonyl (C=O) groups excluding carboxylic acids is 1. The van der Waals surface area contributed by atoms with Crippen molar-refractivity contribution in [2.24, 2.45) is 0 Å². The third kappa shape index (κ3) is 5.75. The van der Waals surface area contributed by atoms with Gasteiger partial charge < -0.3 is 15.7 Å². The zero-order valence-corrected chi connectivity index (χ0v) is 10.6. The van der Waals surface area contributed by atoms with Crippen molar-refractivity contribution in [3.8, 4) is 0 Å². The largest absolute Gasteiger partial charge is 0.392 e. The molecule has 0 saturated carbocycles. The van der Waals surface area contributed by atoms with E-state index in [0.29, 0.717) is 12.2 Å². The van der Waals surface area contributed by atoms with E-state index in [9.17, 15) is 9.18 Å². The molecule has 1 rings (SSSR count). The maximum Gasteiger partial charge on any atom is 0.225 e. The maximum absolute atomic E-state index is 12.9. The Hall–Kier alpha value is -1.46. The van der Waals surface area contributed by atoms with Crippen LogP contribution in [0.15, 0.2) is 24.3 Å². The van der Waals surface area contributed by atoms with Gasteiger partial charge in [0.15, 0.2) is 0 Å². The van der Waals surface area contributed by atoms with Gasteiger partial charge in [0.05, 0.1) is 6.10 Å². The van der Waals surface area contributed by atoms with Crippen LogP contribution in [-0.4, -0.2) is 29.7 Å². The third-order valence-corrected chi connectivity index (χ3v) is 2.36. The highest BCUT2D eigenvalue weighted by atomic mass is 19.1. The molecular weight excluding hydrogens is 235 g/mol. The van der Waals surface area contributed by atoms with Crippen molar-refractivity contribution in [3.05, 3.63) is 30.1 Å². The molecule has 0 aliphatic carbocycles. The molecule has 0 heterocycles. The lowest BCUT2D eigenvalue weighted by Crippen LogP contribution is -2.35. The number of carbonyl (C=O) groups is 1. The van der Waals surface area contributed by atoms with Gasteiger partial charge in [0.2, 0.25) is 5.91 Å². The molecule has 0 radical (unpaired) electrons. The van der Waals surface area contributed by atoms with E-state index in [0.717, 1.165) is 0 Å².